The zero-order valence-corrected chi connectivity index (χ0v) is 8.82. The van der Waals surface area contributed by atoms with Gasteiger partial charge in [0.1, 0.15) is 0 Å². The van der Waals surface area contributed by atoms with Crippen LogP contribution in [0.15, 0.2) is 12.7 Å². The number of hydrogen-bond acceptors (Lipinski definition) is 2. The standard InChI is InChI=1S/C3H7O2PS2.Ti/c1-2-3-5-6(4,7)8;/h2H,1,3H2,(H2,4,7,8);. The Hall–Kier alpha value is 1.37. The summed E-state index contributed by atoms with van der Waals surface area (Å²) in [5, 5.41) is 0. The van der Waals surface area contributed by atoms with Crippen molar-refractivity contribution in [3.05, 3.63) is 12.7 Å². The molecule has 1 N–H and O–H groups in total. The Balaban J connectivity index is 0. The summed E-state index contributed by atoms with van der Waals surface area (Å²) in [5.41, 5.74) is -2.73. The summed E-state index contributed by atoms with van der Waals surface area (Å²) in [6.07, 6.45) is 1.51. The molecule has 0 aliphatic rings. The van der Waals surface area contributed by atoms with E-state index in [1.54, 1.807) is 0 Å². The van der Waals surface area contributed by atoms with Crippen LogP contribution in [0.2, 0.25) is 0 Å². The molecule has 2 nitrogen and oxygen atoms in total. The maximum Gasteiger partial charge on any atom is 0.241 e. The average molecular weight is 218 g/mol. The van der Waals surface area contributed by atoms with Gasteiger partial charge in [0.25, 0.3) is 0 Å². The third kappa shape index (κ3) is 12.5. The molecule has 0 amide bonds. The third-order valence-electron chi connectivity index (χ3n) is 0.361. The molecule has 1 unspecified atom stereocenters. The summed E-state index contributed by atoms with van der Waals surface area (Å²) in [6.45, 7) is 3.63. The fraction of sp³-hybridized carbons (Fsp3) is 0.333. The second-order valence-electron chi connectivity index (χ2n) is 1.08. The largest absolute Gasteiger partial charge is 0.338 e. The molecule has 0 rings (SSSR count). The van der Waals surface area contributed by atoms with Crippen molar-refractivity contribution < 1.29 is 31.1 Å². The Labute approximate surface area is 79.9 Å². The number of rotatable bonds is 3. The van der Waals surface area contributed by atoms with Crippen molar-refractivity contribution in [1.29, 1.82) is 0 Å². The Morgan fingerprint density at radius 2 is 2.33 bits per heavy atom. The van der Waals surface area contributed by atoms with Crippen LogP contribution in [0.5, 0.6) is 0 Å². The van der Waals surface area contributed by atoms with Gasteiger partial charge in [-0.25, -0.2) is 0 Å². The molecule has 9 heavy (non-hydrogen) atoms. The van der Waals surface area contributed by atoms with E-state index in [1.165, 1.54) is 6.08 Å². The van der Waals surface area contributed by atoms with E-state index in [9.17, 15) is 0 Å². The minimum absolute atomic E-state index is 0. The zero-order valence-electron chi connectivity index (χ0n) is 4.65. The second-order valence-corrected chi connectivity index (χ2v) is 6.24. The first-order valence-electron chi connectivity index (χ1n) is 1.87. The summed E-state index contributed by atoms with van der Waals surface area (Å²) in [4.78, 5) is 8.67. The molecule has 0 aromatic heterocycles. The van der Waals surface area contributed by atoms with Crippen LogP contribution in [0, 0.1) is 0 Å². The first-order valence-corrected chi connectivity index (χ1v) is 5.70. The van der Waals surface area contributed by atoms with Gasteiger partial charge in [-0.1, -0.05) is 18.3 Å². The van der Waals surface area contributed by atoms with Gasteiger partial charge in [0.05, 0.1) is 6.61 Å². The van der Waals surface area contributed by atoms with Gasteiger partial charge >= 0.3 is 0 Å². The van der Waals surface area contributed by atoms with Crippen LogP contribution in [-0.2, 0) is 38.0 Å². The van der Waals surface area contributed by atoms with Crippen LogP contribution in [0.3, 0.4) is 0 Å². The van der Waals surface area contributed by atoms with E-state index in [4.69, 9.17) is 4.89 Å². The molecule has 0 saturated carbocycles. The van der Waals surface area contributed by atoms with Crippen molar-refractivity contribution in [3.63, 3.8) is 0 Å². The van der Waals surface area contributed by atoms with Gasteiger partial charge in [0.15, 0.2) is 0 Å². The SMILES string of the molecule is C=CCOP(O)(=S)S.[Ti]. The normalized spacial score (nSPS) is 15.3. The molecular formula is C3H7O2PS2Ti. The molecule has 0 aliphatic heterocycles. The van der Waals surface area contributed by atoms with E-state index < -0.39 is 5.69 Å². The first-order chi connectivity index (χ1) is 3.56. The molecule has 0 aromatic carbocycles. The predicted octanol–water partition coefficient (Wildman–Crippen LogP) is 1.33. The molecule has 0 heterocycles. The molecule has 0 spiro atoms. The van der Waals surface area contributed by atoms with E-state index in [-0.39, 0.29) is 28.3 Å². The van der Waals surface area contributed by atoms with E-state index in [2.05, 4.69) is 35.2 Å². The first kappa shape index (κ1) is 13.0. The Bertz CT molecular complexity index is 123. The van der Waals surface area contributed by atoms with Gasteiger partial charge in [-0.3, -0.25) is 0 Å². The monoisotopic (exact) mass is 218 g/mol. The molecule has 0 radical (unpaired) electrons. The van der Waals surface area contributed by atoms with Crippen LogP contribution in [0.25, 0.3) is 0 Å². The molecule has 6 heteroatoms. The Kier molecular flexibility index (Phi) is 8.82. The van der Waals surface area contributed by atoms with Crippen molar-refractivity contribution in [2.24, 2.45) is 0 Å². The molecule has 0 aliphatic carbocycles. The van der Waals surface area contributed by atoms with E-state index >= 15 is 0 Å². The summed E-state index contributed by atoms with van der Waals surface area (Å²) < 4.78 is 4.61. The van der Waals surface area contributed by atoms with Crippen LogP contribution in [0.4, 0.5) is 0 Å². The number of hydrogen-bond donors (Lipinski definition) is 2. The van der Waals surface area contributed by atoms with Crippen LogP contribution >= 0.6 is 17.9 Å². The quantitative estimate of drug-likeness (QED) is 0.324. The maximum atomic E-state index is 8.67. The maximum absolute atomic E-state index is 8.67. The van der Waals surface area contributed by atoms with Gasteiger partial charge in [0.2, 0.25) is 5.69 Å². The van der Waals surface area contributed by atoms with Crippen LogP contribution < -0.4 is 0 Å². The molecule has 0 aromatic rings. The van der Waals surface area contributed by atoms with Gasteiger partial charge in [-0.2, -0.15) is 0 Å². The van der Waals surface area contributed by atoms with Crippen molar-refractivity contribution in [3.8, 4) is 0 Å². The fourth-order valence-electron chi connectivity index (χ4n) is 0.150. The smallest absolute Gasteiger partial charge is 0.241 e. The van der Waals surface area contributed by atoms with Crippen molar-refractivity contribution in [2.75, 3.05) is 6.61 Å². The third-order valence-corrected chi connectivity index (χ3v) is 1.51. The zero-order chi connectivity index (χ0) is 6.62. The second kappa shape index (κ2) is 6.11. The van der Waals surface area contributed by atoms with Gasteiger partial charge < -0.3 is 9.42 Å². The Morgan fingerprint density at radius 3 is 2.44 bits per heavy atom. The van der Waals surface area contributed by atoms with Crippen molar-refractivity contribution >= 4 is 29.7 Å². The molecular weight excluding hydrogens is 211 g/mol. The topological polar surface area (TPSA) is 29.5 Å². The summed E-state index contributed by atoms with van der Waals surface area (Å²) in [7, 11) is 0. The van der Waals surface area contributed by atoms with E-state index in [1.807, 2.05) is 0 Å². The molecule has 52 valence electrons. The van der Waals surface area contributed by atoms with E-state index in [0.29, 0.717) is 0 Å². The van der Waals surface area contributed by atoms with E-state index in [0.717, 1.165) is 0 Å². The van der Waals surface area contributed by atoms with Crippen molar-refractivity contribution in [1.82, 2.24) is 0 Å². The molecule has 0 saturated heterocycles. The van der Waals surface area contributed by atoms with Crippen molar-refractivity contribution in [2.45, 2.75) is 0 Å². The summed E-state index contributed by atoms with van der Waals surface area (Å²) in [5.74, 6) is 0. The molecule has 0 fully saturated rings. The van der Waals surface area contributed by atoms with Crippen LogP contribution in [-0.4, -0.2) is 11.5 Å². The summed E-state index contributed by atoms with van der Waals surface area (Å²) in [6, 6.07) is 0. The summed E-state index contributed by atoms with van der Waals surface area (Å²) >= 11 is 8.01. The van der Waals surface area contributed by atoms with Crippen LogP contribution in [0.1, 0.15) is 0 Å². The number of thiol groups is 1. The average Bonchev–Trinajstić information content (AvgIpc) is 1.59. The molecule has 1 atom stereocenters. The van der Waals surface area contributed by atoms with Gasteiger partial charge in [-0.05, 0) is 11.8 Å². The van der Waals surface area contributed by atoms with Gasteiger partial charge in [0, 0.05) is 21.7 Å². The minimum atomic E-state index is -2.73. The Morgan fingerprint density at radius 1 is 1.89 bits per heavy atom. The molecule has 0 bridgehead atoms. The van der Waals surface area contributed by atoms with Gasteiger partial charge in [-0.15, -0.1) is 6.58 Å². The predicted molar refractivity (Wildman–Crippen MR) is 41.6 cm³/mol. The minimum Gasteiger partial charge on any atom is -0.338 e. The fourth-order valence-corrected chi connectivity index (χ4v) is 0.832.